The standard InChI is InChI=1S/C15H16N2O3/c1-10-8-11(6-7-16-10)17-15(18)13-5-4-12(19-2)9-14(13)20-3/h4-9H,1-3H3,(H,16,17,18). The van der Waals surface area contributed by atoms with E-state index in [1.54, 1.807) is 43.6 Å². The number of hydrogen-bond donors (Lipinski definition) is 1. The topological polar surface area (TPSA) is 60.5 Å². The molecule has 5 heteroatoms. The summed E-state index contributed by atoms with van der Waals surface area (Å²) in [4.78, 5) is 16.3. The van der Waals surface area contributed by atoms with Gasteiger partial charge in [-0.2, -0.15) is 0 Å². The number of carbonyl (C=O) groups is 1. The fraction of sp³-hybridized carbons (Fsp3) is 0.200. The molecule has 2 aromatic rings. The maximum absolute atomic E-state index is 12.3. The summed E-state index contributed by atoms with van der Waals surface area (Å²) in [5, 5.41) is 2.81. The second-order valence-corrected chi connectivity index (χ2v) is 4.21. The molecule has 0 atom stereocenters. The molecular formula is C15H16N2O3. The monoisotopic (exact) mass is 272 g/mol. The maximum Gasteiger partial charge on any atom is 0.259 e. The van der Waals surface area contributed by atoms with Crippen LogP contribution in [0.2, 0.25) is 0 Å². The van der Waals surface area contributed by atoms with E-state index in [9.17, 15) is 4.79 Å². The molecule has 1 N–H and O–H groups in total. The third-order valence-electron chi connectivity index (χ3n) is 2.81. The van der Waals surface area contributed by atoms with Crippen LogP contribution in [0.1, 0.15) is 16.1 Å². The summed E-state index contributed by atoms with van der Waals surface area (Å²) in [7, 11) is 3.08. The lowest BCUT2D eigenvalue weighted by atomic mass is 10.1. The van der Waals surface area contributed by atoms with Crippen molar-refractivity contribution in [2.75, 3.05) is 19.5 Å². The summed E-state index contributed by atoms with van der Waals surface area (Å²) in [6, 6.07) is 8.60. The van der Waals surface area contributed by atoms with Crippen LogP contribution in [0, 0.1) is 6.92 Å². The molecule has 0 aliphatic carbocycles. The molecule has 0 bridgehead atoms. The van der Waals surface area contributed by atoms with Crippen molar-refractivity contribution in [3.63, 3.8) is 0 Å². The Bertz CT molecular complexity index is 626. The number of nitrogens with one attached hydrogen (secondary N) is 1. The second kappa shape index (κ2) is 6.06. The van der Waals surface area contributed by atoms with Crippen LogP contribution < -0.4 is 14.8 Å². The number of methoxy groups -OCH3 is 2. The first-order valence-electron chi connectivity index (χ1n) is 6.10. The molecule has 20 heavy (non-hydrogen) atoms. The molecule has 0 saturated heterocycles. The SMILES string of the molecule is COc1ccc(C(=O)Nc2ccnc(C)c2)c(OC)c1. The molecule has 0 saturated carbocycles. The minimum atomic E-state index is -0.241. The number of nitrogens with zero attached hydrogens (tertiary/aromatic N) is 1. The molecule has 1 aromatic heterocycles. The average molecular weight is 272 g/mol. The van der Waals surface area contributed by atoms with E-state index in [0.29, 0.717) is 22.7 Å². The number of pyridine rings is 1. The van der Waals surface area contributed by atoms with E-state index in [1.165, 1.54) is 7.11 Å². The van der Waals surface area contributed by atoms with Crippen LogP contribution >= 0.6 is 0 Å². The third-order valence-corrected chi connectivity index (χ3v) is 2.81. The molecule has 1 aromatic carbocycles. The van der Waals surface area contributed by atoms with Crippen LogP contribution in [-0.4, -0.2) is 25.1 Å². The van der Waals surface area contributed by atoms with Crippen molar-refractivity contribution < 1.29 is 14.3 Å². The number of aromatic nitrogens is 1. The summed E-state index contributed by atoms with van der Waals surface area (Å²) in [5.41, 5.74) is 1.98. The molecular weight excluding hydrogens is 256 g/mol. The van der Waals surface area contributed by atoms with Crippen LogP contribution in [-0.2, 0) is 0 Å². The Hall–Kier alpha value is -2.56. The van der Waals surface area contributed by atoms with Crippen molar-refractivity contribution in [3.8, 4) is 11.5 Å². The summed E-state index contributed by atoms with van der Waals surface area (Å²) in [6.07, 6.45) is 1.65. The number of amides is 1. The fourth-order valence-corrected chi connectivity index (χ4v) is 1.81. The van der Waals surface area contributed by atoms with Crippen LogP contribution in [0.5, 0.6) is 11.5 Å². The van der Waals surface area contributed by atoms with Gasteiger partial charge in [0.1, 0.15) is 11.5 Å². The Balaban J connectivity index is 2.25. The lowest BCUT2D eigenvalue weighted by Crippen LogP contribution is -2.13. The van der Waals surface area contributed by atoms with Crippen LogP contribution in [0.15, 0.2) is 36.5 Å². The summed E-state index contributed by atoms with van der Waals surface area (Å²) in [5.74, 6) is 0.862. The largest absolute Gasteiger partial charge is 0.497 e. The molecule has 0 fully saturated rings. The van der Waals surface area contributed by atoms with Crippen molar-refractivity contribution in [3.05, 3.63) is 47.8 Å². The van der Waals surface area contributed by atoms with E-state index in [2.05, 4.69) is 10.3 Å². The van der Waals surface area contributed by atoms with Gasteiger partial charge in [0.15, 0.2) is 0 Å². The van der Waals surface area contributed by atoms with E-state index >= 15 is 0 Å². The molecule has 0 unspecified atom stereocenters. The van der Waals surface area contributed by atoms with Gasteiger partial charge in [-0.3, -0.25) is 9.78 Å². The zero-order chi connectivity index (χ0) is 14.5. The highest BCUT2D eigenvalue weighted by Gasteiger charge is 2.13. The number of rotatable bonds is 4. The van der Waals surface area contributed by atoms with E-state index in [-0.39, 0.29) is 5.91 Å². The summed E-state index contributed by atoms with van der Waals surface area (Å²) < 4.78 is 10.3. The molecule has 1 heterocycles. The minimum Gasteiger partial charge on any atom is -0.497 e. The number of ether oxygens (including phenoxy) is 2. The second-order valence-electron chi connectivity index (χ2n) is 4.21. The Morgan fingerprint density at radius 1 is 1.15 bits per heavy atom. The molecule has 5 nitrogen and oxygen atoms in total. The predicted octanol–water partition coefficient (Wildman–Crippen LogP) is 2.66. The quantitative estimate of drug-likeness (QED) is 0.929. The Kier molecular flexibility index (Phi) is 4.20. The van der Waals surface area contributed by atoms with Gasteiger partial charge >= 0.3 is 0 Å². The Labute approximate surface area is 117 Å². The fourth-order valence-electron chi connectivity index (χ4n) is 1.81. The number of carbonyl (C=O) groups excluding carboxylic acids is 1. The maximum atomic E-state index is 12.3. The van der Waals surface area contributed by atoms with Gasteiger partial charge in [0.05, 0.1) is 19.8 Å². The van der Waals surface area contributed by atoms with E-state index in [0.717, 1.165) is 5.69 Å². The molecule has 2 rings (SSSR count). The first-order valence-corrected chi connectivity index (χ1v) is 6.10. The third kappa shape index (κ3) is 3.06. The van der Waals surface area contributed by atoms with Gasteiger partial charge in [-0.15, -0.1) is 0 Å². The van der Waals surface area contributed by atoms with Crippen LogP contribution in [0.3, 0.4) is 0 Å². The van der Waals surface area contributed by atoms with Gasteiger partial charge in [-0.05, 0) is 31.2 Å². The Morgan fingerprint density at radius 2 is 1.95 bits per heavy atom. The highest BCUT2D eigenvalue weighted by Crippen LogP contribution is 2.25. The summed E-state index contributed by atoms with van der Waals surface area (Å²) in [6.45, 7) is 1.86. The van der Waals surface area contributed by atoms with Crippen LogP contribution in [0.4, 0.5) is 5.69 Å². The molecule has 0 radical (unpaired) electrons. The highest BCUT2D eigenvalue weighted by atomic mass is 16.5. The van der Waals surface area contributed by atoms with Crippen LogP contribution in [0.25, 0.3) is 0 Å². The van der Waals surface area contributed by atoms with Gasteiger partial charge in [-0.25, -0.2) is 0 Å². The number of benzene rings is 1. The number of hydrogen-bond acceptors (Lipinski definition) is 4. The molecule has 0 spiro atoms. The molecule has 1 amide bonds. The van der Waals surface area contributed by atoms with E-state index in [4.69, 9.17) is 9.47 Å². The van der Waals surface area contributed by atoms with Crippen molar-refractivity contribution in [2.24, 2.45) is 0 Å². The lowest BCUT2D eigenvalue weighted by molar-refractivity contribution is 0.102. The predicted molar refractivity (Wildman–Crippen MR) is 76.5 cm³/mol. The Morgan fingerprint density at radius 3 is 2.60 bits per heavy atom. The van der Waals surface area contributed by atoms with Crippen molar-refractivity contribution in [1.29, 1.82) is 0 Å². The number of aryl methyl sites for hydroxylation is 1. The smallest absolute Gasteiger partial charge is 0.259 e. The van der Waals surface area contributed by atoms with Crippen molar-refractivity contribution >= 4 is 11.6 Å². The van der Waals surface area contributed by atoms with E-state index in [1.807, 2.05) is 6.92 Å². The van der Waals surface area contributed by atoms with Gasteiger partial charge < -0.3 is 14.8 Å². The normalized spacial score (nSPS) is 9.95. The van der Waals surface area contributed by atoms with Gasteiger partial charge in [0.2, 0.25) is 0 Å². The zero-order valence-corrected chi connectivity index (χ0v) is 11.6. The molecule has 0 aliphatic heterocycles. The summed E-state index contributed by atoms with van der Waals surface area (Å²) >= 11 is 0. The van der Waals surface area contributed by atoms with Gasteiger partial charge in [0, 0.05) is 23.6 Å². The number of anilines is 1. The minimum absolute atomic E-state index is 0.241. The van der Waals surface area contributed by atoms with Gasteiger partial charge in [0.25, 0.3) is 5.91 Å². The van der Waals surface area contributed by atoms with Crippen molar-refractivity contribution in [1.82, 2.24) is 4.98 Å². The van der Waals surface area contributed by atoms with Crippen molar-refractivity contribution in [2.45, 2.75) is 6.92 Å². The first-order chi connectivity index (χ1) is 9.63. The van der Waals surface area contributed by atoms with E-state index < -0.39 is 0 Å². The highest BCUT2D eigenvalue weighted by molar-refractivity contribution is 6.06. The lowest BCUT2D eigenvalue weighted by Gasteiger charge is -2.11. The zero-order valence-electron chi connectivity index (χ0n) is 11.6. The first kappa shape index (κ1) is 13.9. The molecule has 0 aliphatic rings. The average Bonchev–Trinajstić information content (AvgIpc) is 2.46. The van der Waals surface area contributed by atoms with Gasteiger partial charge in [-0.1, -0.05) is 0 Å². The molecule has 104 valence electrons.